The van der Waals surface area contributed by atoms with Crippen LogP contribution in [0.2, 0.25) is 0 Å². The lowest BCUT2D eigenvalue weighted by Gasteiger charge is -2.12. The molecule has 0 fully saturated rings. The van der Waals surface area contributed by atoms with Crippen molar-refractivity contribution in [3.8, 4) is 0 Å². The fourth-order valence-corrected chi connectivity index (χ4v) is 3.25. The Morgan fingerprint density at radius 1 is 1.04 bits per heavy atom. The van der Waals surface area contributed by atoms with Gasteiger partial charge in [0.05, 0.1) is 11.3 Å². The Morgan fingerprint density at radius 3 is 2.19 bits per heavy atom. The van der Waals surface area contributed by atoms with Crippen LogP contribution >= 0.6 is 15.9 Å². The van der Waals surface area contributed by atoms with Gasteiger partial charge in [-0.1, -0.05) is 28.1 Å². The minimum atomic E-state index is -3.53. The van der Waals surface area contributed by atoms with Gasteiger partial charge in [-0.05, 0) is 42.0 Å². The zero-order chi connectivity index (χ0) is 20.0. The second-order valence-electron chi connectivity index (χ2n) is 5.82. The number of sulfonamides is 1. The number of amides is 1. The molecule has 0 saturated carbocycles. The van der Waals surface area contributed by atoms with Crippen LogP contribution < -0.4 is 5.32 Å². The first-order valence-corrected chi connectivity index (χ1v) is 10.1. The van der Waals surface area contributed by atoms with Crippen molar-refractivity contribution in [2.45, 2.75) is 11.3 Å². The number of hydrogen-bond acceptors (Lipinski definition) is 5. The molecule has 2 aromatic carbocycles. The van der Waals surface area contributed by atoms with E-state index in [4.69, 9.17) is 4.74 Å². The molecule has 0 bridgehead atoms. The van der Waals surface area contributed by atoms with E-state index in [2.05, 4.69) is 21.2 Å². The molecule has 1 amide bonds. The first-order valence-electron chi connectivity index (χ1n) is 7.91. The van der Waals surface area contributed by atoms with Crippen LogP contribution in [-0.4, -0.2) is 45.3 Å². The number of esters is 1. The maximum absolute atomic E-state index is 12.0. The highest BCUT2D eigenvalue weighted by Crippen LogP contribution is 2.16. The van der Waals surface area contributed by atoms with E-state index >= 15 is 0 Å². The summed E-state index contributed by atoms with van der Waals surface area (Å²) in [4.78, 5) is 23.8. The summed E-state index contributed by atoms with van der Waals surface area (Å²) in [5, 5.41) is 2.55. The maximum atomic E-state index is 12.0. The third kappa shape index (κ3) is 6.16. The van der Waals surface area contributed by atoms with Crippen molar-refractivity contribution >= 4 is 43.5 Å². The molecule has 0 radical (unpaired) electrons. The molecule has 27 heavy (non-hydrogen) atoms. The zero-order valence-corrected chi connectivity index (χ0v) is 17.2. The third-order valence-corrected chi connectivity index (χ3v) is 5.90. The van der Waals surface area contributed by atoms with Crippen LogP contribution in [0.1, 0.15) is 5.56 Å². The fraction of sp³-hybridized carbons (Fsp3) is 0.222. The highest BCUT2D eigenvalue weighted by Gasteiger charge is 2.17. The zero-order valence-electron chi connectivity index (χ0n) is 14.8. The van der Waals surface area contributed by atoms with Crippen molar-refractivity contribution in [3.05, 3.63) is 58.6 Å². The van der Waals surface area contributed by atoms with E-state index in [1.807, 2.05) is 12.1 Å². The van der Waals surface area contributed by atoms with Gasteiger partial charge in [-0.15, -0.1) is 0 Å². The van der Waals surface area contributed by atoms with Crippen molar-refractivity contribution in [2.24, 2.45) is 0 Å². The molecule has 0 atom stereocenters. The molecule has 0 aliphatic carbocycles. The number of carbonyl (C=O) groups excluding carboxylic acids is 2. The van der Waals surface area contributed by atoms with Crippen LogP contribution in [0.5, 0.6) is 0 Å². The van der Waals surface area contributed by atoms with Gasteiger partial charge >= 0.3 is 5.97 Å². The van der Waals surface area contributed by atoms with Crippen molar-refractivity contribution in [1.82, 2.24) is 4.31 Å². The summed E-state index contributed by atoms with van der Waals surface area (Å²) < 4.78 is 30.9. The Bertz CT molecular complexity index is 910. The summed E-state index contributed by atoms with van der Waals surface area (Å²) in [5.74, 6) is -1.03. The molecule has 0 heterocycles. The summed E-state index contributed by atoms with van der Waals surface area (Å²) in [6.45, 7) is -0.424. The largest absolute Gasteiger partial charge is 0.455 e. The number of rotatable bonds is 7. The van der Waals surface area contributed by atoms with Gasteiger partial charge < -0.3 is 10.1 Å². The van der Waals surface area contributed by atoms with Crippen LogP contribution in [-0.2, 0) is 30.8 Å². The van der Waals surface area contributed by atoms with Crippen molar-refractivity contribution in [3.63, 3.8) is 0 Å². The third-order valence-electron chi connectivity index (χ3n) is 3.54. The Morgan fingerprint density at radius 2 is 1.63 bits per heavy atom. The molecule has 0 spiro atoms. The fourth-order valence-electron chi connectivity index (χ4n) is 2.08. The number of carbonyl (C=O) groups is 2. The second-order valence-corrected chi connectivity index (χ2v) is 8.89. The molecule has 7 nitrogen and oxygen atoms in total. The van der Waals surface area contributed by atoms with Crippen molar-refractivity contribution in [1.29, 1.82) is 0 Å². The molecule has 144 valence electrons. The van der Waals surface area contributed by atoms with Crippen LogP contribution in [0.15, 0.2) is 57.9 Å². The van der Waals surface area contributed by atoms with Gasteiger partial charge in [-0.2, -0.15) is 0 Å². The summed E-state index contributed by atoms with van der Waals surface area (Å²) in [7, 11) is -0.651. The molecule has 0 saturated heterocycles. The molecule has 0 aliphatic rings. The lowest BCUT2D eigenvalue weighted by atomic mass is 10.2. The molecule has 0 aromatic heterocycles. The topological polar surface area (TPSA) is 92.8 Å². The van der Waals surface area contributed by atoms with Gasteiger partial charge in [0.2, 0.25) is 10.0 Å². The van der Waals surface area contributed by atoms with Crippen LogP contribution in [0.25, 0.3) is 0 Å². The molecule has 9 heteroatoms. The molecule has 1 N–H and O–H groups in total. The second kappa shape index (κ2) is 9.12. The Hall–Kier alpha value is -2.23. The van der Waals surface area contributed by atoms with Crippen molar-refractivity contribution in [2.75, 3.05) is 26.0 Å². The number of hydrogen-bond donors (Lipinski definition) is 1. The van der Waals surface area contributed by atoms with Gasteiger partial charge in [0, 0.05) is 24.3 Å². The smallest absolute Gasteiger partial charge is 0.310 e. The molecular formula is C18H19BrN2O5S. The first-order chi connectivity index (χ1) is 12.7. The summed E-state index contributed by atoms with van der Waals surface area (Å²) in [6, 6.07) is 12.9. The van der Waals surface area contributed by atoms with E-state index in [0.29, 0.717) is 5.69 Å². The summed E-state index contributed by atoms with van der Waals surface area (Å²) in [6.07, 6.45) is 0.0671. The predicted octanol–water partition coefficient (Wildman–Crippen LogP) is 2.42. The Balaban J connectivity index is 1.85. The molecule has 0 unspecified atom stereocenters. The first kappa shape index (κ1) is 21.1. The van der Waals surface area contributed by atoms with E-state index in [-0.39, 0.29) is 11.3 Å². The molecular weight excluding hydrogens is 436 g/mol. The SMILES string of the molecule is CN(C)S(=O)(=O)c1ccc(NC(=O)COC(=O)Cc2ccc(Br)cc2)cc1. The predicted molar refractivity (Wildman–Crippen MR) is 105 cm³/mol. The lowest BCUT2D eigenvalue weighted by molar-refractivity contribution is -0.146. The van der Waals surface area contributed by atoms with Crippen LogP contribution in [0.4, 0.5) is 5.69 Å². The molecule has 0 aliphatic heterocycles. The average molecular weight is 455 g/mol. The molecule has 2 aromatic rings. The highest BCUT2D eigenvalue weighted by atomic mass is 79.9. The van der Waals surface area contributed by atoms with E-state index in [0.717, 1.165) is 14.3 Å². The number of nitrogens with zero attached hydrogens (tertiary/aromatic N) is 1. The monoisotopic (exact) mass is 454 g/mol. The van der Waals surface area contributed by atoms with Gasteiger partial charge in [0.1, 0.15) is 0 Å². The number of ether oxygens (including phenoxy) is 1. The van der Waals surface area contributed by atoms with Gasteiger partial charge in [-0.3, -0.25) is 9.59 Å². The highest BCUT2D eigenvalue weighted by molar-refractivity contribution is 9.10. The normalized spacial score (nSPS) is 11.3. The van der Waals surface area contributed by atoms with E-state index in [9.17, 15) is 18.0 Å². The summed E-state index contributed by atoms with van der Waals surface area (Å²) >= 11 is 3.31. The minimum absolute atomic E-state index is 0.0671. The number of halogens is 1. The van der Waals surface area contributed by atoms with E-state index in [1.165, 1.54) is 38.4 Å². The maximum Gasteiger partial charge on any atom is 0.310 e. The van der Waals surface area contributed by atoms with E-state index in [1.54, 1.807) is 12.1 Å². The minimum Gasteiger partial charge on any atom is -0.455 e. The number of nitrogens with one attached hydrogen (secondary N) is 1. The van der Waals surface area contributed by atoms with Crippen molar-refractivity contribution < 1.29 is 22.7 Å². The van der Waals surface area contributed by atoms with Gasteiger partial charge in [-0.25, -0.2) is 12.7 Å². The van der Waals surface area contributed by atoms with Crippen LogP contribution in [0, 0.1) is 0 Å². The quantitative estimate of drug-likeness (QED) is 0.648. The average Bonchev–Trinajstić information content (AvgIpc) is 2.62. The lowest BCUT2D eigenvalue weighted by Crippen LogP contribution is -2.23. The van der Waals surface area contributed by atoms with Gasteiger partial charge in [0.15, 0.2) is 6.61 Å². The standard InChI is InChI=1S/C18H19BrN2O5S/c1-21(2)27(24,25)16-9-7-15(8-10-16)20-17(22)12-26-18(23)11-13-3-5-14(19)6-4-13/h3-10H,11-12H2,1-2H3,(H,20,22). The van der Waals surface area contributed by atoms with Crippen LogP contribution in [0.3, 0.4) is 0 Å². The Kier molecular flexibility index (Phi) is 7.11. The number of anilines is 1. The number of benzene rings is 2. The van der Waals surface area contributed by atoms with Gasteiger partial charge in [0.25, 0.3) is 5.91 Å². The summed E-state index contributed by atoms with van der Waals surface area (Å²) in [5.41, 5.74) is 1.18. The Labute approximate surface area is 166 Å². The molecule has 2 rings (SSSR count). The van der Waals surface area contributed by atoms with E-state index < -0.39 is 28.5 Å².